The molecule has 3 N–H and O–H groups in total. The number of nitrogens with one attached hydrogen (secondary N) is 3. The summed E-state index contributed by atoms with van der Waals surface area (Å²) < 4.78 is 11.6. The minimum Gasteiger partial charge on any atom is -0.455 e. The zero-order valence-electron chi connectivity index (χ0n) is 30.9. The third-order valence-corrected chi connectivity index (χ3v) is 11.8. The van der Waals surface area contributed by atoms with Gasteiger partial charge in [-0.3, -0.25) is 16.0 Å². The van der Waals surface area contributed by atoms with Gasteiger partial charge in [-0.1, -0.05) is 127 Å². The highest BCUT2D eigenvalue weighted by atomic mass is 16.3. The fraction of sp³-hybridized carbons (Fsp3) is 0.0588. The molecule has 1 saturated heterocycles. The molecule has 3 aromatic heterocycles. The second-order valence-electron chi connectivity index (χ2n) is 15.1. The SMILES string of the molecule is c1ccc(C2NC(c3ccccc3)NC(c3ccc(-n4c5cc6c(cc5c5c7oc8ccccc8c7ccc54)c4ccccc4n6-c4ccccc4)cc3)N2)cc1. The molecule has 2 atom stereocenters. The molecule has 0 spiro atoms. The number of furan rings is 1. The Hall–Kier alpha value is -6.96. The number of hydrogen-bond acceptors (Lipinski definition) is 4. The van der Waals surface area contributed by atoms with E-state index in [9.17, 15) is 0 Å². The topological polar surface area (TPSA) is 59.1 Å². The van der Waals surface area contributed by atoms with Crippen molar-refractivity contribution in [2.24, 2.45) is 0 Å². The molecule has 1 aliphatic heterocycles. The molecule has 12 rings (SSSR count). The lowest BCUT2D eigenvalue weighted by molar-refractivity contribution is 0.203. The summed E-state index contributed by atoms with van der Waals surface area (Å²) in [5.74, 6) is 0. The number of nitrogens with zero attached hydrogens (tertiary/aromatic N) is 2. The van der Waals surface area contributed by atoms with Crippen LogP contribution in [0, 0.1) is 0 Å². The van der Waals surface area contributed by atoms with Crippen molar-refractivity contribution in [3.05, 3.63) is 205 Å². The summed E-state index contributed by atoms with van der Waals surface area (Å²) in [5.41, 5.74) is 12.2. The van der Waals surface area contributed by atoms with Gasteiger partial charge >= 0.3 is 0 Å². The molecule has 4 heterocycles. The standard InChI is InChI=1S/C51H37N5O/c1-4-14-32(15-5-1)49-52-50(33-16-6-2-7-17-33)54-51(53-49)34-24-26-36(27-25-34)56-43-29-28-39-38-21-11-13-23-46(38)57-48(39)47(43)41-30-40-37-20-10-12-22-42(37)55(44(40)31-45(41)56)35-18-8-3-9-19-35/h1-31,49-54H. The maximum Gasteiger partial charge on any atom is 0.145 e. The molecule has 8 aromatic carbocycles. The van der Waals surface area contributed by atoms with Crippen molar-refractivity contribution in [2.45, 2.75) is 18.5 Å². The van der Waals surface area contributed by atoms with Crippen LogP contribution in [-0.2, 0) is 0 Å². The Morgan fingerprint density at radius 1 is 0.351 bits per heavy atom. The molecule has 1 aliphatic rings. The second-order valence-corrected chi connectivity index (χ2v) is 15.1. The van der Waals surface area contributed by atoms with E-state index in [4.69, 9.17) is 4.42 Å². The van der Waals surface area contributed by atoms with Crippen LogP contribution < -0.4 is 16.0 Å². The van der Waals surface area contributed by atoms with Crippen LogP contribution in [0.25, 0.3) is 76.9 Å². The summed E-state index contributed by atoms with van der Waals surface area (Å²) in [7, 11) is 0. The van der Waals surface area contributed by atoms with E-state index in [1.807, 2.05) is 6.07 Å². The van der Waals surface area contributed by atoms with Crippen LogP contribution in [0.1, 0.15) is 35.2 Å². The van der Waals surface area contributed by atoms with Crippen molar-refractivity contribution in [1.82, 2.24) is 25.1 Å². The van der Waals surface area contributed by atoms with Gasteiger partial charge in [0.25, 0.3) is 0 Å². The number of rotatable bonds is 5. The van der Waals surface area contributed by atoms with Crippen molar-refractivity contribution in [3.63, 3.8) is 0 Å². The predicted octanol–water partition coefficient (Wildman–Crippen LogP) is 12.0. The van der Waals surface area contributed by atoms with E-state index in [1.54, 1.807) is 0 Å². The van der Waals surface area contributed by atoms with Crippen molar-refractivity contribution >= 4 is 65.6 Å². The summed E-state index contributed by atoms with van der Waals surface area (Å²) in [6.45, 7) is 0. The maximum absolute atomic E-state index is 6.75. The fourth-order valence-corrected chi connectivity index (χ4v) is 9.21. The van der Waals surface area contributed by atoms with Gasteiger partial charge in [-0.2, -0.15) is 0 Å². The van der Waals surface area contributed by atoms with Crippen molar-refractivity contribution in [1.29, 1.82) is 0 Å². The zero-order chi connectivity index (χ0) is 37.5. The molecular weight excluding hydrogens is 699 g/mol. The van der Waals surface area contributed by atoms with E-state index in [0.717, 1.165) is 55.3 Å². The van der Waals surface area contributed by atoms with Gasteiger partial charge in [-0.05, 0) is 77.4 Å². The average Bonchev–Trinajstić information content (AvgIpc) is 3.93. The molecule has 11 aromatic rings. The van der Waals surface area contributed by atoms with E-state index in [2.05, 4.69) is 207 Å². The normalized spacial score (nSPS) is 17.4. The van der Waals surface area contributed by atoms with Crippen LogP contribution in [0.15, 0.2) is 192 Å². The Labute approximate surface area is 328 Å². The molecule has 6 heteroatoms. The fourth-order valence-electron chi connectivity index (χ4n) is 9.21. The molecular formula is C51H37N5O. The summed E-state index contributed by atoms with van der Waals surface area (Å²) in [5, 5.41) is 18.5. The van der Waals surface area contributed by atoms with E-state index in [0.29, 0.717) is 0 Å². The van der Waals surface area contributed by atoms with Gasteiger partial charge in [0.2, 0.25) is 0 Å². The smallest absolute Gasteiger partial charge is 0.145 e. The highest BCUT2D eigenvalue weighted by Crippen LogP contribution is 2.44. The summed E-state index contributed by atoms with van der Waals surface area (Å²) >= 11 is 0. The molecule has 1 fully saturated rings. The Morgan fingerprint density at radius 2 is 0.877 bits per heavy atom. The second kappa shape index (κ2) is 12.8. The number of para-hydroxylation sites is 3. The van der Waals surface area contributed by atoms with Crippen LogP contribution in [0.3, 0.4) is 0 Å². The third-order valence-electron chi connectivity index (χ3n) is 11.8. The molecule has 0 aliphatic carbocycles. The summed E-state index contributed by atoms with van der Waals surface area (Å²) in [6.07, 6.45) is -0.167. The van der Waals surface area contributed by atoms with Crippen LogP contribution in [0.2, 0.25) is 0 Å². The van der Waals surface area contributed by atoms with Gasteiger partial charge in [0.15, 0.2) is 0 Å². The van der Waals surface area contributed by atoms with Crippen LogP contribution in [-0.4, -0.2) is 9.13 Å². The largest absolute Gasteiger partial charge is 0.455 e. The minimum absolute atomic E-state index is 0.0373. The molecule has 0 saturated carbocycles. The Morgan fingerprint density at radius 3 is 1.56 bits per heavy atom. The zero-order valence-corrected chi connectivity index (χ0v) is 30.9. The Kier molecular flexibility index (Phi) is 7.25. The molecule has 2 unspecified atom stereocenters. The van der Waals surface area contributed by atoms with E-state index in [-0.39, 0.29) is 18.5 Å². The van der Waals surface area contributed by atoms with E-state index in [1.165, 1.54) is 38.3 Å². The molecule has 6 nitrogen and oxygen atoms in total. The van der Waals surface area contributed by atoms with Gasteiger partial charge in [-0.15, -0.1) is 0 Å². The van der Waals surface area contributed by atoms with Crippen molar-refractivity contribution in [3.8, 4) is 11.4 Å². The highest BCUT2D eigenvalue weighted by Gasteiger charge is 2.30. The third kappa shape index (κ3) is 5.09. The van der Waals surface area contributed by atoms with Crippen molar-refractivity contribution < 1.29 is 4.42 Å². The van der Waals surface area contributed by atoms with Crippen LogP contribution in [0.5, 0.6) is 0 Å². The van der Waals surface area contributed by atoms with Gasteiger partial charge in [0.05, 0.1) is 46.0 Å². The monoisotopic (exact) mass is 735 g/mol. The number of aromatic nitrogens is 2. The molecule has 0 radical (unpaired) electrons. The first-order valence-corrected chi connectivity index (χ1v) is 19.6. The summed E-state index contributed by atoms with van der Waals surface area (Å²) in [4.78, 5) is 0. The molecule has 0 amide bonds. The first-order chi connectivity index (χ1) is 28.3. The molecule has 272 valence electrons. The van der Waals surface area contributed by atoms with Crippen LogP contribution in [0.4, 0.5) is 0 Å². The number of fused-ring (bicyclic) bond motifs is 10. The van der Waals surface area contributed by atoms with E-state index < -0.39 is 0 Å². The van der Waals surface area contributed by atoms with Gasteiger partial charge in [0.1, 0.15) is 11.2 Å². The van der Waals surface area contributed by atoms with Crippen LogP contribution >= 0.6 is 0 Å². The Balaban J connectivity index is 1.06. The lowest BCUT2D eigenvalue weighted by Crippen LogP contribution is -2.54. The first-order valence-electron chi connectivity index (χ1n) is 19.6. The van der Waals surface area contributed by atoms with Crippen molar-refractivity contribution in [2.75, 3.05) is 0 Å². The van der Waals surface area contributed by atoms with Gasteiger partial charge < -0.3 is 13.6 Å². The predicted molar refractivity (Wildman–Crippen MR) is 233 cm³/mol. The highest BCUT2D eigenvalue weighted by molar-refractivity contribution is 6.26. The number of benzene rings is 8. The first kappa shape index (κ1) is 32.3. The minimum atomic E-state index is -0.0924. The molecule has 57 heavy (non-hydrogen) atoms. The summed E-state index contributed by atoms with van der Waals surface area (Å²) in [6, 6.07) is 67.3. The average molecular weight is 736 g/mol. The van der Waals surface area contributed by atoms with Gasteiger partial charge in [-0.25, -0.2) is 0 Å². The lowest BCUT2D eigenvalue weighted by Gasteiger charge is -2.39. The van der Waals surface area contributed by atoms with E-state index >= 15 is 0 Å². The quantitative estimate of drug-likeness (QED) is 0.165. The van der Waals surface area contributed by atoms with Gasteiger partial charge in [0, 0.05) is 38.3 Å². The lowest BCUT2D eigenvalue weighted by atomic mass is 10.0. The number of hydrogen-bond donors (Lipinski definition) is 3. The Bertz CT molecular complexity index is 3230. The molecule has 0 bridgehead atoms. The maximum atomic E-state index is 6.75.